The molecule has 2 N–H and O–H groups in total. The Morgan fingerprint density at radius 3 is 2.77 bits per heavy atom. The summed E-state index contributed by atoms with van der Waals surface area (Å²) in [7, 11) is 0. The van der Waals surface area contributed by atoms with Gasteiger partial charge in [-0.3, -0.25) is 5.10 Å². The summed E-state index contributed by atoms with van der Waals surface area (Å²) < 4.78 is 37.7. The molecule has 0 aromatic carbocycles. The van der Waals surface area contributed by atoms with E-state index in [4.69, 9.17) is 6.57 Å². The van der Waals surface area contributed by atoms with Crippen LogP contribution in [-0.4, -0.2) is 37.9 Å². The van der Waals surface area contributed by atoms with E-state index in [1.54, 1.807) is 12.1 Å². The van der Waals surface area contributed by atoms with Gasteiger partial charge in [-0.05, 0) is 12.1 Å². The molecule has 0 amide bonds. The highest BCUT2D eigenvalue weighted by molar-refractivity contribution is 5.99. The van der Waals surface area contributed by atoms with Gasteiger partial charge in [0.2, 0.25) is 0 Å². The largest absolute Gasteiger partial charge is 0.405 e. The van der Waals surface area contributed by atoms with E-state index in [9.17, 15) is 13.2 Å². The predicted octanol–water partition coefficient (Wildman–Crippen LogP) is 3.30. The van der Waals surface area contributed by atoms with Crippen LogP contribution in [0.4, 0.5) is 19.0 Å². The molecule has 4 rings (SSSR count). The lowest BCUT2D eigenvalue weighted by atomic mass is 10.1. The van der Waals surface area contributed by atoms with Crippen LogP contribution in [0.2, 0.25) is 0 Å². The molecule has 132 valence electrons. The van der Waals surface area contributed by atoms with E-state index in [0.717, 1.165) is 12.8 Å². The van der Waals surface area contributed by atoms with Gasteiger partial charge in [-0.25, -0.2) is 21.5 Å². The Morgan fingerprint density at radius 2 is 2.08 bits per heavy atom. The van der Waals surface area contributed by atoms with Gasteiger partial charge in [0.1, 0.15) is 30.1 Å². The van der Waals surface area contributed by atoms with Crippen molar-refractivity contribution in [3.05, 3.63) is 41.8 Å². The normalized spacial score (nSPS) is 15.6. The number of fused-ring (bicyclic) bond motifs is 1. The van der Waals surface area contributed by atoms with Crippen LogP contribution < -0.4 is 5.32 Å². The zero-order valence-electron chi connectivity index (χ0n) is 13.3. The molecule has 0 atom stereocenters. The van der Waals surface area contributed by atoms with Crippen molar-refractivity contribution < 1.29 is 13.2 Å². The van der Waals surface area contributed by atoms with Crippen molar-refractivity contribution in [1.29, 1.82) is 0 Å². The summed E-state index contributed by atoms with van der Waals surface area (Å²) in [6, 6.07) is 3.29. The molecule has 10 heteroatoms. The second-order valence-corrected chi connectivity index (χ2v) is 6.05. The fraction of sp³-hybridized carbons (Fsp3) is 0.312. The molecule has 0 radical (unpaired) electrons. The number of alkyl halides is 3. The van der Waals surface area contributed by atoms with Gasteiger partial charge in [-0.2, -0.15) is 18.3 Å². The summed E-state index contributed by atoms with van der Waals surface area (Å²) >= 11 is 0. The van der Waals surface area contributed by atoms with Crippen LogP contribution in [0.1, 0.15) is 18.5 Å². The van der Waals surface area contributed by atoms with Crippen LogP contribution in [-0.2, 0) is 5.54 Å². The molecular weight excluding hydrogens is 347 g/mol. The first-order chi connectivity index (χ1) is 12.4. The van der Waals surface area contributed by atoms with Gasteiger partial charge >= 0.3 is 6.18 Å². The minimum absolute atomic E-state index is 0.0649. The molecule has 0 spiro atoms. The van der Waals surface area contributed by atoms with Crippen molar-refractivity contribution in [2.75, 3.05) is 11.9 Å². The summed E-state index contributed by atoms with van der Waals surface area (Å²) in [5, 5.41) is 9.68. The maximum atomic E-state index is 12.6. The Morgan fingerprint density at radius 1 is 1.27 bits per heavy atom. The fourth-order valence-electron chi connectivity index (χ4n) is 2.75. The smallest absolute Gasteiger partial charge is 0.361 e. The van der Waals surface area contributed by atoms with E-state index in [2.05, 4.69) is 35.3 Å². The molecule has 1 fully saturated rings. The number of pyridine rings is 1. The standard InChI is InChI=1S/C16H12F3N7/c1-20-15(3-4-15)11-6-10(23-8-24-11)13-12-9(25-26-13)2-5-21-14(12)22-7-16(17,18)19/h2,5-6,8H,3-4,7H2,(H,21,22)(H,25,26). The summed E-state index contributed by atoms with van der Waals surface area (Å²) in [5.74, 6) is 0.0649. The van der Waals surface area contributed by atoms with Crippen molar-refractivity contribution in [2.24, 2.45) is 0 Å². The first-order valence-corrected chi connectivity index (χ1v) is 7.77. The first kappa shape index (κ1) is 16.3. The lowest BCUT2D eigenvalue weighted by molar-refractivity contribution is -0.115. The molecule has 3 heterocycles. The Hall–Kier alpha value is -3.22. The number of halogens is 3. The minimum Gasteiger partial charge on any atom is -0.361 e. The average Bonchev–Trinajstić information content (AvgIpc) is 3.31. The van der Waals surface area contributed by atoms with Crippen LogP contribution in [0, 0.1) is 6.57 Å². The van der Waals surface area contributed by atoms with Crippen molar-refractivity contribution in [3.8, 4) is 11.4 Å². The number of aromatic amines is 1. The molecule has 7 nitrogen and oxygen atoms in total. The average molecular weight is 359 g/mol. The Labute approximate surface area is 145 Å². The van der Waals surface area contributed by atoms with E-state index in [1.165, 1.54) is 12.5 Å². The monoisotopic (exact) mass is 359 g/mol. The maximum absolute atomic E-state index is 12.6. The lowest BCUT2D eigenvalue weighted by Crippen LogP contribution is -2.21. The molecule has 1 aliphatic rings. The Balaban J connectivity index is 1.78. The molecule has 3 aromatic heterocycles. The molecule has 1 aliphatic carbocycles. The van der Waals surface area contributed by atoms with Gasteiger partial charge in [-0.15, -0.1) is 0 Å². The third kappa shape index (κ3) is 2.81. The summed E-state index contributed by atoms with van der Waals surface area (Å²) in [5.41, 5.74) is 1.31. The SMILES string of the molecule is [C-]#[N+]C1(c2cc(-c3n[nH]c4ccnc(NCC(F)(F)F)c34)ncn2)CC1. The number of nitrogens with one attached hydrogen (secondary N) is 2. The second-order valence-electron chi connectivity index (χ2n) is 6.05. The highest BCUT2D eigenvalue weighted by Gasteiger charge is 2.54. The van der Waals surface area contributed by atoms with E-state index >= 15 is 0 Å². The molecule has 0 unspecified atom stereocenters. The first-order valence-electron chi connectivity index (χ1n) is 7.77. The molecular formula is C16H12F3N7. The van der Waals surface area contributed by atoms with Gasteiger partial charge < -0.3 is 10.2 Å². The molecule has 1 saturated carbocycles. The van der Waals surface area contributed by atoms with Crippen LogP contribution in [0.15, 0.2) is 24.7 Å². The fourth-order valence-corrected chi connectivity index (χ4v) is 2.75. The lowest BCUT2D eigenvalue weighted by Gasteiger charge is -2.10. The number of H-pyrrole nitrogens is 1. The van der Waals surface area contributed by atoms with Crippen molar-refractivity contribution >= 4 is 16.7 Å². The Kier molecular flexibility index (Phi) is 3.54. The van der Waals surface area contributed by atoms with Crippen LogP contribution in [0.3, 0.4) is 0 Å². The third-order valence-corrected chi connectivity index (χ3v) is 4.26. The number of nitrogens with zero attached hydrogens (tertiary/aromatic N) is 5. The number of hydrogen-bond donors (Lipinski definition) is 2. The summed E-state index contributed by atoms with van der Waals surface area (Å²) in [4.78, 5) is 16.0. The number of rotatable bonds is 4. The number of anilines is 1. The van der Waals surface area contributed by atoms with E-state index in [1.807, 2.05) is 0 Å². The Bertz CT molecular complexity index is 1010. The molecule has 3 aromatic rings. The van der Waals surface area contributed by atoms with Gasteiger partial charge in [0, 0.05) is 19.0 Å². The van der Waals surface area contributed by atoms with E-state index < -0.39 is 18.3 Å². The molecule has 0 saturated heterocycles. The highest BCUT2D eigenvalue weighted by Crippen LogP contribution is 2.49. The molecule has 0 bridgehead atoms. The van der Waals surface area contributed by atoms with Crippen LogP contribution >= 0.6 is 0 Å². The minimum atomic E-state index is -4.37. The predicted molar refractivity (Wildman–Crippen MR) is 87.0 cm³/mol. The van der Waals surface area contributed by atoms with Crippen molar-refractivity contribution in [1.82, 2.24) is 25.1 Å². The maximum Gasteiger partial charge on any atom is 0.405 e. The van der Waals surface area contributed by atoms with Crippen molar-refractivity contribution in [3.63, 3.8) is 0 Å². The summed E-state index contributed by atoms with van der Waals surface area (Å²) in [6.07, 6.45) is -0.172. The number of hydrogen-bond acceptors (Lipinski definition) is 5. The van der Waals surface area contributed by atoms with E-state index in [-0.39, 0.29) is 5.82 Å². The topological polar surface area (TPSA) is 83.7 Å². The quantitative estimate of drug-likeness (QED) is 0.699. The van der Waals surface area contributed by atoms with E-state index in [0.29, 0.717) is 28.0 Å². The van der Waals surface area contributed by atoms with Gasteiger partial charge in [0.05, 0.1) is 16.6 Å². The van der Waals surface area contributed by atoms with Crippen LogP contribution in [0.25, 0.3) is 27.1 Å². The summed E-state index contributed by atoms with van der Waals surface area (Å²) in [6.45, 7) is 6.14. The third-order valence-electron chi connectivity index (χ3n) is 4.26. The van der Waals surface area contributed by atoms with Gasteiger partial charge in [0.25, 0.3) is 5.54 Å². The number of aromatic nitrogens is 5. The molecule has 0 aliphatic heterocycles. The van der Waals surface area contributed by atoms with Gasteiger partial charge in [-0.1, -0.05) is 0 Å². The molecule has 26 heavy (non-hydrogen) atoms. The highest BCUT2D eigenvalue weighted by atomic mass is 19.4. The van der Waals surface area contributed by atoms with Crippen LogP contribution in [0.5, 0.6) is 0 Å². The zero-order valence-corrected chi connectivity index (χ0v) is 13.3. The van der Waals surface area contributed by atoms with Gasteiger partial charge in [0.15, 0.2) is 0 Å². The zero-order chi connectivity index (χ0) is 18.4. The van der Waals surface area contributed by atoms with Crippen molar-refractivity contribution in [2.45, 2.75) is 24.6 Å². The second kappa shape index (κ2) is 5.66.